The Morgan fingerprint density at radius 2 is 2.33 bits per heavy atom. The van der Waals surface area contributed by atoms with Crippen LogP contribution in [0.2, 0.25) is 0 Å². The molecule has 0 aliphatic rings. The molecule has 18 heavy (non-hydrogen) atoms. The van der Waals surface area contributed by atoms with E-state index in [-0.39, 0.29) is 0 Å². The molecule has 0 saturated heterocycles. The number of benzene rings is 1. The fourth-order valence-electron chi connectivity index (χ4n) is 1.34. The van der Waals surface area contributed by atoms with Gasteiger partial charge in [0.05, 0.1) is 7.11 Å². The summed E-state index contributed by atoms with van der Waals surface area (Å²) in [6.45, 7) is 0.523. The molecule has 4 heteroatoms. The minimum atomic E-state index is -1.00. The van der Waals surface area contributed by atoms with E-state index in [9.17, 15) is 4.79 Å². The predicted octanol–water partition coefficient (Wildman–Crippen LogP) is 1.49. The molecule has 0 aliphatic carbocycles. The molecule has 0 saturated carbocycles. The average Bonchev–Trinajstić information content (AvgIpc) is 2.37. The van der Waals surface area contributed by atoms with E-state index in [1.807, 2.05) is 6.07 Å². The molecule has 1 rings (SSSR count). The van der Waals surface area contributed by atoms with Crippen LogP contribution in [-0.4, -0.2) is 24.7 Å². The Bertz CT molecular complexity index is 510. The van der Waals surface area contributed by atoms with E-state index in [0.717, 1.165) is 11.6 Å². The summed E-state index contributed by atoms with van der Waals surface area (Å²) < 4.78 is 5.15. The highest BCUT2D eigenvalue weighted by atomic mass is 16.5. The molecule has 0 fully saturated rings. The number of carboxylic acid groups (broad SMARTS) is 1. The van der Waals surface area contributed by atoms with E-state index in [2.05, 4.69) is 11.8 Å². The molecule has 0 bridgehead atoms. The number of ether oxygens (including phenoxy) is 1. The van der Waals surface area contributed by atoms with Gasteiger partial charge in [0.2, 0.25) is 0 Å². The van der Waals surface area contributed by atoms with Crippen molar-refractivity contribution in [2.24, 2.45) is 5.73 Å². The number of methoxy groups -OCH3 is 1. The van der Waals surface area contributed by atoms with Crippen LogP contribution >= 0.6 is 0 Å². The molecule has 0 amide bonds. The average molecular weight is 245 g/mol. The van der Waals surface area contributed by atoms with Gasteiger partial charge in [-0.05, 0) is 24.3 Å². The third-order valence-electron chi connectivity index (χ3n) is 2.14. The summed E-state index contributed by atoms with van der Waals surface area (Å²) in [5, 5.41) is 8.61. The molecule has 0 aromatic heterocycles. The van der Waals surface area contributed by atoms with Gasteiger partial charge in [0, 0.05) is 30.2 Å². The van der Waals surface area contributed by atoms with Crippen molar-refractivity contribution in [3.05, 3.63) is 35.4 Å². The maximum absolute atomic E-state index is 10.5. The lowest BCUT2D eigenvalue weighted by Gasteiger charge is -2.04. The quantitative estimate of drug-likeness (QED) is 0.622. The van der Waals surface area contributed by atoms with E-state index in [1.165, 1.54) is 13.2 Å². The minimum Gasteiger partial charge on any atom is -0.496 e. The van der Waals surface area contributed by atoms with Gasteiger partial charge >= 0.3 is 5.97 Å². The summed E-state index contributed by atoms with van der Waals surface area (Å²) in [4.78, 5) is 10.5. The number of carboxylic acids is 1. The fourth-order valence-corrected chi connectivity index (χ4v) is 1.34. The first-order chi connectivity index (χ1) is 8.67. The van der Waals surface area contributed by atoms with Crippen molar-refractivity contribution in [2.45, 2.75) is 6.42 Å². The fraction of sp³-hybridized carbons (Fsp3) is 0.214. The number of hydrogen-bond donors (Lipinski definition) is 2. The minimum absolute atomic E-state index is 0.523. The number of rotatable bonds is 4. The molecular formula is C14H15NO3. The third-order valence-corrected chi connectivity index (χ3v) is 2.14. The van der Waals surface area contributed by atoms with Crippen molar-refractivity contribution in [3.8, 4) is 17.6 Å². The van der Waals surface area contributed by atoms with Gasteiger partial charge in [-0.2, -0.15) is 0 Å². The van der Waals surface area contributed by atoms with Gasteiger partial charge in [-0.15, -0.1) is 0 Å². The zero-order chi connectivity index (χ0) is 13.4. The zero-order valence-electron chi connectivity index (χ0n) is 10.1. The van der Waals surface area contributed by atoms with Crippen LogP contribution in [-0.2, 0) is 4.79 Å². The van der Waals surface area contributed by atoms with Gasteiger partial charge in [0.25, 0.3) is 0 Å². The highest BCUT2D eigenvalue weighted by Crippen LogP contribution is 2.21. The molecule has 0 heterocycles. The summed E-state index contributed by atoms with van der Waals surface area (Å²) in [6, 6.07) is 5.36. The molecule has 1 aromatic rings. The van der Waals surface area contributed by atoms with Crippen molar-refractivity contribution >= 4 is 12.0 Å². The van der Waals surface area contributed by atoms with Crippen molar-refractivity contribution in [1.82, 2.24) is 0 Å². The van der Waals surface area contributed by atoms with Gasteiger partial charge in [-0.3, -0.25) is 0 Å². The number of carbonyl (C=O) groups is 1. The largest absolute Gasteiger partial charge is 0.496 e. The maximum atomic E-state index is 10.5. The first kappa shape index (κ1) is 13.8. The molecular weight excluding hydrogens is 230 g/mol. The van der Waals surface area contributed by atoms with Crippen molar-refractivity contribution in [2.75, 3.05) is 13.7 Å². The van der Waals surface area contributed by atoms with Crippen LogP contribution < -0.4 is 10.5 Å². The molecule has 94 valence electrons. The van der Waals surface area contributed by atoms with E-state index < -0.39 is 5.97 Å². The van der Waals surface area contributed by atoms with Crippen LogP contribution in [0.4, 0.5) is 0 Å². The van der Waals surface area contributed by atoms with Crippen molar-refractivity contribution in [3.63, 3.8) is 0 Å². The monoisotopic (exact) mass is 245 g/mol. The first-order valence-corrected chi connectivity index (χ1v) is 5.45. The van der Waals surface area contributed by atoms with Crippen molar-refractivity contribution < 1.29 is 14.6 Å². The number of nitrogens with two attached hydrogens (primary N) is 1. The molecule has 4 nitrogen and oxygen atoms in total. The highest BCUT2D eigenvalue weighted by Gasteiger charge is 2.01. The van der Waals surface area contributed by atoms with Crippen LogP contribution in [0.5, 0.6) is 5.75 Å². The summed E-state index contributed by atoms with van der Waals surface area (Å²) in [5.74, 6) is 5.49. The zero-order valence-corrected chi connectivity index (χ0v) is 10.1. The highest BCUT2D eigenvalue weighted by molar-refractivity contribution is 5.86. The van der Waals surface area contributed by atoms with E-state index in [0.29, 0.717) is 24.3 Å². The van der Waals surface area contributed by atoms with Crippen LogP contribution in [0.1, 0.15) is 17.5 Å². The second-order valence-corrected chi connectivity index (χ2v) is 3.47. The Labute approximate surface area is 106 Å². The van der Waals surface area contributed by atoms with E-state index in [4.69, 9.17) is 15.6 Å². The SMILES string of the molecule is COc1ccc(C#CCCN)cc1/C=C/C(=O)O. The summed E-state index contributed by atoms with van der Waals surface area (Å²) in [7, 11) is 1.53. The Morgan fingerprint density at radius 1 is 1.56 bits per heavy atom. The molecule has 1 aromatic carbocycles. The van der Waals surface area contributed by atoms with Crippen LogP contribution in [0.15, 0.2) is 24.3 Å². The molecule has 0 unspecified atom stereocenters. The van der Waals surface area contributed by atoms with Crippen LogP contribution in [0.25, 0.3) is 6.08 Å². The van der Waals surface area contributed by atoms with E-state index >= 15 is 0 Å². The molecule has 0 aliphatic heterocycles. The Balaban J connectivity index is 3.02. The standard InChI is InChI=1S/C14H15NO3/c1-18-13-7-5-11(4-2-3-9-15)10-12(13)6-8-14(16)17/h5-8,10H,3,9,15H2,1H3,(H,16,17)/b8-6+. The molecule has 3 N–H and O–H groups in total. The number of aliphatic carboxylic acids is 1. The second kappa shape index (κ2) is 7.15. The Hall–Kier alpha value is -2.25. The smallest absolute Gasteiger partial charge is 0.328 e. The van der Waals surface area contributed by atoms with Gasteiger partial charge in [-0.1, -0.05) is 11.8 Å². The van der Waals surface area contributed by atoms with Gasteiger partial charge in [0.15, 0.2) is 0 Å². The van der Waals surface area contributed by atoms with Crippen molar-refractivity contribution in [1.29, 1.82) is 0 Å². The Kier molecular flexibility index (Phi) is 5.49. The lowest BCUT2D eigenvalue weighted by atomic mass is 10.1. The normalized spacial score (nSPS) is 9.89. The van der Waals surface area contributed by atoms with Gasteiger partial charge < -0.3 is 15.6 Å². The Morgan fingerprint density at radius 3 is 2.94 bits per heavy atom. The van der Waals surface area contributed by atoms with Gasteiger partial charge in [-0.25, -0.2) is 4.79 Å². The predicted molar refractivity (Wildman–Crippen MR) is 70.2 cm³/mol. The molecule has 0 radical (unpaired) electrons. The van der Waals surface area contributed by atoms with Crippen LogP contribution in [0, 0.1) is 11.8 Å². The van der Waals surface area contributed by atoms with E-state index in [1.54, 1.807) is 12.1 Å². The van der Waals surface area contributed by atoms with Crippen LogP contribution in [0.3, 0.4) is 0 Å². The summed E-state index contributed by atoms with van der Waals surface area (Å²) >= 11 is 0. The lowest BCUT2D eigenvalue weighted by molar-refractivity contribution is -0.131. The molecule has 0 atom stereocenters. The maximum Gasteiger partial charge on any atom is 0.328 e. The first-order valence-electron chi connectivity index (χ1n) is 5.45. The van der Waals surface area contributed by atoms with Gasteiger partial charge in [0.1, 0.15) is 5.75 Å². The summed E-state index contributed by atoms with van der Waals surface area (Å²) in [6.07, 6.45) is 3.18. The topological polar surface area (TPSA) is 72.5 Å². The lowest BCUT2D eigenvalue weighted by Crippen LogP contribution is -1.95. The number of hydrogen-bond acceptors (Lipinski definition) is 3. The molecule has 0 spiro atoms. The summed E-state index contributed by atoms with van der Waals surface area (Å²) in [5.41, 5.74) is 6.83. The second-order valence-electron chi connectivity index (χ2n) is 3.47. The third kappa shape index (κ3) is 4.32.